The number of Topliss-reactive ketones (excluding diaryl/α,β-unsaturated/α-hetero) is 1. The first kappa shape index (κ1) is 14.4. The molecule has 5 heteroatoms. The van der Waals surface area contributed by atoms with Crippen molar-refractivity contribution in [2.45, 2.75) is 38.1 Å². The number of halogens is 1. The van der Waals surface area contributed by atoms with Crippen molar-refractivity contribution in [3.8, 4) is 5.75 Å². The highest BCUT2D eigenvalue weighted by atomic mass is 35.5. The van der Waals surface area contributed by atoms with Gasteiger partial charge in [-0.05, 0) is 43.9 Å². The number of rotatable bonds is 2. The number of amides is 1. The third kappa shape index (κ3) is 2.22. The highest BCUT2D eigenvalue weighted by Gasteiger charge is 2.49. The second kappa shape index (κ2) is 5.34. The number of carbonyl (C=O) groups is 2. The standard InChI is InChI=1S/C16H18ClNO3/c1-9-7-10(17)13(12(8-9)21-2)14-15(19)11-5-3-4-6-18(11)16(14)20/h7-8,11,14H,3-6H2,1-2H3. The van der Waals surface area contributed by atoms with Crippen LogP contribution in [0.1, 0.15) is 36.3 Å². The summed E-state index contributed by atoms with van der Waals surface area (Å²) in [5.41, 5.74) is 1.46. The summed E-state index contributed by atoms with van der Waals surface area (Å²) in [5.74, 6) is -0.458. The Labute approximate surface area is 129 Å². The molecule has 1 amide bonds. The first-order valence-electron chi connectivity index (χ1n) is 7.23. The molecule has 2 aliphatic rings. The molecule has 0 saturated carbocycles. The molecule has 0 spiro atoms. The van der Waals surface area contributed by atoms with Crippen molar-refractivity contribution < 1.29 is 14.3 Å². The first-order valence-corrected chi connectivity index (χ1v) is 7.60. The van der Waals surface area contributed by atoms with Crippen molar-refractivity contribution in [1.29, 1.82) is 0 Å². The van der Waals surface area contributed by atoms with E-state index in [9.17, 15) is 9.59 Å². The minimum atomic E-state index is -0.809. The molecular weight excluding hydrogens is 290 g/mol. The second-order valence-electron chi connectivity index (χ2n) is 5.74. The number of piperidine rings is 1. The van der Waals surface area contributed by atoms with Gasteiger partial charge in [-0.15, -0.1) is 0 Å². The van der Waals surface area contributed by atoms with Gasteiger partial charge in [0.25, 0.3) is 0 Å². The largest absolute Gasteiger partial charge is 0.496 e. The van der Waals surface area contributed by atoms with Crippen LogP contribution in [-0.4, -0.2) is 36.3 Å². The van der Waals surface area contributed by atoms with Gasteiger partial charge < -0.3 is 9.64 Å². The van der Waals surface area contributed by atoms with Gasteiger partial charge in [0.05, 0.1) is 13.2 Å². The van der Waals surface area contributed by atoms with Crippen LogP contribution in [0.4, 0.5) is 0 Å². The number of benzene rings is 1. The molecule has 1 aromatic rings. The molecule has 4 nitrogen and oxygen atoms in total. The molecule has 21 heavy (non-hydrogen) atoms. The van der Waals surface area contributed by atoms with Crippen molar-refractivity contribution in [2.24, 2.45) is 0 Å². The molecule has 2 aliphatic heterocycles. The highest BCUT2D eigenvalue weighted by molar-refractivity contribution is 6.33. The Kier molecular flexibility index (Phi) is 3.66. The van der Waals surface area contributed by atoms with Crippen LogP contribution in [0.15, 0.2) is 12.1 Å². The molecule has 0 radical (unpaired) electrons. The van der Waals surface area contributed by atoms with E-state index < -0.39 is 5.92 Å². The summed E-state index contributed by atoms with van der Waals surface area (Å²) in [4.78, 5) is 27.0. The Hall–Kier alpha value is -1.55. The molecule has 0 aliphatic carbocycles. The van der Waals surface area contributed by atoms with Gasteiger partial charge in [-0.25, -0.2) is 0 Å². The van der Waals surface area contributed by atoms with E-state index in [-0.39, 0.29) is 17.7 Å². The summed E-state index contributed by atoms with van der Waals surface area (Å²) >= 11 is 6.32. The van der Waals surface area contributed by atoms with E-state index in [1.165, 1.54) is 7.11 Å². The van der Waals surface area contributed by atoms with Crippen LogP contribution in [0, 0.1) is 6.92 Å². The minimum absolute atomic E-state index is 0.0382. The van der Waals surface area contributed by atoms with E-state index in [4.69, 9.17) is 16.3 Å². The zero-order chi connectivity index (χ0) is 15.1. The number of hydrogen-bond donors (Lipinski definition) is 0. The predicted octanol–water partition coefficient (Wildman–Crippen LogP) is 2.70. The lowest BCUT2D eigenvalue weighted by Gasteiger charge is -2.27. The molecule has 3 rings (SSSR count). The fraction of sp³-hybridized carbons (Fsp3) is 0.500. The van der Waals surface area contributed by atoms with E-state index in [1.807, 2.05) is 13.0 Å². The van der Waals surface area contributed by atoms with Gasteiger partial charge in [-0.2, -0.15) is 0 Å². The maximum atomic E-state index is 12.7. The van der Waals surface area contributed by atoms with Gasteiger partial charge in [0.2, 0.25) is 5.91 Å². The van der Waals surface area contributed by atoms with E-state index in [2.05, 4.69) is 0 Å². The molecule has 2 fully saturated rings. The van der Waals surface area contributed by atoms with Crippen LogP contribution in [0.2, 0.25) is 5.02 Å². The summed E-state index contributed by atoms with van der Waals surface area (Å²) < 4.78 is 5.36. The van der Waals surface area contributed by atoms with Crippen molar-refractivity contribution >= 4 is 23.3 Å². The average molecular weight is 308 g/mol. The molecular formula is C16H18ClNO3. The number of methoxy groups -OCH3 is 1. The normalized spacial score (nSPS) is 25.2. The molecule has 0 aromatic heterocycles. The molecule has 2 heterocycles. The third-order valence-electron chi connectivity index (χ3n) is 4.39. The Morgan fingerprint density at radius 3 is 2.71 bits per heavy atom. The monoisotopic (exact) mass is 307 g/mol. The zero-order valence-electron chi connectivity index (χ0n) is 12.2. The minimum Gasteiger partial charge on any atom is -0.496 e. The number of ketones is 1. The number of ether oxygens (including phenoxy) is 1. The van der Waals surface area contributed by atoms with Crippen molar-refractivity contribution in [1.82, 2.24) is 4.90 Å². The van der Waals surface area contributed by atoms with Gasteiger partial charge in [-0.3, -0.25) is 9.59 Å². The molecule has 112 valence electrons. The predicted molar refractivity (Wildman–Crippen MR) is 79.8 cm³/mol. The van der Waals surface area contributed by atoms with Crippen LogP contribution in [0.25, 0.3) is 0 Å². The molecule has 0 bridgehead atoms. The number of aryl methyl sites for hydroxylation is 1. The van der Waals surface area contributed by atoms with E-state index in [0.29, 0.717) is 22.9 Å². The van der Waals surface area contributed by atoms with Gasteiger partial charge in [0.1, 0.15) is 11.7 Å². The van der Waals surface area contributed by atoms with E-state index in [1.54, 1.807) is 11.0 Å². The Morgan fingerprint density at radius 1 is 1.29 bits per heavy atom. The second-order valence-corrected chi connectivity index (χ2v) is 6.15. The average Bonchev–Trinajstić information content (AvgIpc) is 2.71. The number of fused-ring (bicyclic) bond motifs is 1. The van der Waals surface area contributed by atoms with Crippen LogP contribution < -0.4 is 4.74 Å². The smallest absolute Gasteiger partial charge is 0.238 e. The van der Waals surface area contributed by atoms with Gasteiger partial charge >= 0.3 is 0 Å². The van der Waals surface area contributed by atoms with Crippen molar-refractivity contribution in [3.63, 3.8) is 0 Å². The third-order valence-corrected chi connectivity index (χ3v) is 4.70. The zero-order valence-corrected chi connectivity index (χ0v) is 12.9. The van der Waals surface area contributed by atoms with E-state index >= 15 is 0 Å². The topological polar surface area (TPSA) is 46.6 Å². The summed E-state index contributed by atoms with van der Waals surface area (Å²) in [6.07, 6.45) is 2.71. The lowest BCUT2D eigenvalue weighted by atomic mass is 9.91. The molecule has 2 saturated heterocycles. The highest BCUT2D eigenvalue weighted by Crippen LogP contribution is 2.42. The van der Waals surface area contributed by atoms with Crippen molar-refractivity contribution in [2.75, 3.05) is 13.7 Å². The summed E-state index contributed by atoms with van der Waals surface area (Å²) in [6, 6.07) is 3.31. The quantitative estimate of drug-likeness (QED) is 0.789. The molecule has 0 N–H and O–H groups in total. The lowest BCUT2D eigenvalue weighted by Crippen LogP contribution is -2.39. The molecule has 2 unspecified atom stereocenters. The van der Waals surface area contributed by atoms with Crippen LogP contribution >= 0.6 is 11.6 Å². The van der Waals surface area contributed by atoms with Crippen LogP contribution in [0.5, 0.6) is 5.75 Å². The first-order chi connectivity index (χ1) is 10.0. The summed E-state index contributed by atoms with van der Waals surface area (Å²) in [7, 11) is 1.53. The van der Waals surface area contributed by atoms with Gasteiger partial charge in [0.15, 0.2) is 5.78 Å². The Morgan fingerprint density at radius 2 is 2.05 bits per heavy atom. The molecule has 1 aromatic carbocycles. The SMILES string of the molecule is COc1cc(C)cc(Cl)c1C1C(=O)C2CCCCN2C1=O. The number of hydrogen-bond acceptors (Lipinski definition) is 3. The lowest BCUT2D eigenvalue weighted by molar-refractivity contribution is -0.130. The number of carbonyl (C=O) groups excluding carboxylic acids is 2. The fourth-order valence-corrected chi connectivity index (χ4v) is 3.78. The summed E-state index contributed by atoms with van der Waals surface area (Å²) in [5, 5.41) is 0.429. The Balaban J connectivity index is 2.08. The molecule has 2 atom stereocenters. The fourth-order valence-electron chi connectivity index (χ4n) is 3.41. The van der Waals surface area contributed by atoms with E-state index in [0.717, 1.165) is 24.8 Å². The van der Waals surface area contributed by atoms with Gasteiger partial charge in [0, 0.05) is 17.1 Å². The van der Waals surface area contributed by atoms with Crippen LogP contribution in [-0.2, 0) is 9.59 Å². The van der Waals surface area contributed by atoms with Crippen LogP contribution in [0.3, 0.4) is 0 Å². The van der Waals surface area contributed by atoms with Gasteiger partial charge in [-0.1, -0.05) is 11.6 Å². The number of nitrogens with zero attached hydrogens (tertiary/aromatic N) is 1. The Bertz CT molecular complexity index is 590. The summed E-state index contributed by atoms with van der Waals surface area (Å²) in [6.45, 7) is 2.57. The maximum absolute atomic E-state index is 12.7. The van der Waals surface area contributed by atoms with Crippen molar-refractivity contribution in [3.05, 3.63) is 28.3 Å². The maximum Gasteiger partial charge on any atom is 0.238 e.